The van der Waals surface area contributed by atoms with Gasteiger partial charge in [0.2, 0.25) is 0 Å². The van der Waals surface area contributed by atoms with E-state index in [1.807, 2.05) is 41.3 Å². The summed E-state index contributed by atoms with van der Waals surface area (Å²) in [5, 5.41) is 2.26. The minimum Gasteiger partial charge on any atom is -0.379 e. The molecule has 1 aliphatic heterocycles. The molecule has 1 heterocycles. The van der Waals surface area contributed by atoms with Crippen LogP contribution < -0.4 is 0 Å². The van der Waals surface area contributed by atoms with Gasteiger partial charge in [-0.2, -0.15) is 0 Å². The largest absolute Gasteiger partial charge is 0.379 e. The molecule has 0 bridgehead atoms. The fourth-order valence-corrected chi connectivity index (χ4v) is 3.91. The summed E-state index contributed by atoms with van der Waals surface area (Å²) in [5.41, 5.74) is 0.755. The number of fused-ring (bicyclic) bond motifs is 2. The van der Waals surface area contributed by atoms with Crippen LogP contribution in [0.3, 0.4) is 0 Å². The van der Waals surface area contributed by atoms with Crippen molar-refractivity contribution in [3.63, 3.8) is 0 Å². The summed E-state index contributed by atoms with van der Waals surface area (Å²) in [4.78, 5) is 15.0. The summed E-state index contributed by atoms with van der Waals surface area (Å²) in [6, 6.07) is 14.2. The summed E-state index contributed by atoms with van der Waals surface area (Å²) < 4.78 is 11.4. The van der Waals surface area contributed by atoms with E-state index in [0.717, 1.165) is 29.2 Å². The molecule has 2 fully saturated rings. The van der Waals surface area contributed by atoms with Crippen LogP contribution in [0, 0.1) is 0 Å². The van der Waals surface area contributed by atoms with E-state index >= 15 is 0 Å². The Morgan fingerprint density at radius 1 is 1.17 bits per heavy atom. The topological polar surface area (TPSA) is 38.8 Å². The van der Waals surface area contributed by atoms with Gasteiger partial charge in [0.05, 0.1) is 18.8 Å². The standard InChI is InChI=1S/C19H21NO3/c1-22-17-9-8-16-18(17)23-11-10-20(16)19(21)15-7-6-13-4-2-3-5-14(13)12-15/h2-7,12,16-18H,8-11H2,1H3/t16-,17+,18+/m0/s1. The SMILES string of the molecule is CO[C@@H]1CC[C@H]2[C@H]1OCCN2C(=O)c1ccc2ccccc2c1. The number of rotatable bonds is 2. The number of amides is 1. The second kappa shape index (κ2) is 5.95. The zero-order valence-corrected chi connectivity index (χ0v) is 13.3. The first-order valence-corrected chi connectivity index (χ1v) is 8.22. The molecule has 120 valence electrons. The maximum absolute atomic E-state index is 13.0. The molecule has 2 aliphatic rings. The van der Waals surface area contributed by atoms with Gasteiger partial charge < -0.3 is 14.4 Å². The zero-order chi connectivity index (χ0) is 15.8. The molecule has 4 nitrogen and oxygen atoms in total. The van der Waals surface area contributed by atoms with Crippen LogP contribution in [-0.4, -0.2) is 49.3 Å². The van der Waals surface area contributed by atoms with Crippen LogP contribution in [0.15, 0.2) is 42.5 Å². The fourth-order valence-electron chi connectivity index (χ4n) is 3.91. The number of hydrogen-bond donors (Lipinski definition) is 0. The summed E-state index contributed by atoms with van der Waals surface area (Å²) in [6.45, 7) is 1.24. The maximum Gasteiger partial charge on any atom is 0.254 e. The van der Waals surface area contributed by atoms with Crippen molar-refractivity contribution in [2.45, 2.75) is 31.1 Å². The first-order valence-electron chi connectivity index (χ1n) is 8.22. The molecule has 4 rings (SSSR count). The summed E-state index contributed by atoms with van der Waals surface area (Å²) >= 11 is 0. The molecule has 0 radical (unpaired) electrons. The van der Waals surface area contributed by atoms with E-state index < -0.39 is 0 Å². The molecule has 1 aliphatic carbocycles. The first-order chi connectivity index (χ1) is 11.3. The van der Waals surface area contributed by atoms with E-state index in [1.54, 1.807) is 7.11 Å². The van der Waals surface area contributed by atoms with Crippen molar-refractivity contribution >= 4 is 16.7 Å². The van der Waals surface area contributed by atoms with E-state index in [2.05, 4.69) is 6.07 Å². The van der Waals surface area contributed by atoms with E-state index in [0.29, 0.717) is 13.2 Å². The minimum absolute atomic E-state index is 0.0122. The summed E-state index contributed by atoms with van der Waals surface area (Å²) in [7, 11) is 1.72. The van der Waals surface area contributed by atoms with Crippen LogP contribution in [0.1, 0.15) is 23.2 Å². The number of ether oxygens (including phenoxy) is 2. The van der Waals surface area contributed by atoms with Gasteiger partial charge in [-0.3, -0.25) is 4.79 Å². The van der Waals surface area contributed by atoms with Crippen molar-refractivity contribution in [3.05, 3.63) is 48.0 Å². The highest BCUT2D eigenvalue weighted by Crippen LogP contribution is 2.32. The average Bonchev–Trinajstić information content (AvgIpc) is 3.04. The quantitative estimate of drug-likeness (QED) is 0.856. The average molecular weight is 311 g/mol. The van der Waals surface area contributed by atoms with Crippen LogP contribution in [-0.2, 0) is 9.47 Å². The third-order valence-corrected chi connectivity index (χ3v) is 5.10. The molecule has 2 aromatic carbocycles. The minimum atomic E-state index is 0.0122. The molecule has 1 saturated carbocycles. The smallest absolute Gasteiger partial charge is 0.254 e. The van der Waals surface area contributed by atoms with Crippen LogP contribution in [0.25, 0.3) is 10.8 Å². The van der Waals surface area contributed by atoms with Crippen molar-refractivity contribution in [1.82, 2.24) is 4.90 Å². The molecule has 0 aromatic heterocycles. The van der Waals surface area contributed by atoms with Crippen LogP contribution in [0.2, 0.25) is 0 Å². The van der Waals surface area contributed by atoms with Gasteiger partial charge in [0.1, 0.15) is 6.10 Å². The highest BCUT2D eigenvalue weighted by atomic mass is 16.5. The number of nitrogens with zero attached hydrogens (tertiary/aromatic N) is 1. The van der Waals surface area contributed by atoms with Gasteiger partial charge in [0.25, 0.3) is 5.91 Å². The molecule has 2 aromatic rings. The van der Waals surface area contributed by atoms with Gasteiger partial charge in [-0.25, -0.2) is 0 Å². The van der Waals surface area contributed by atoms with Crippen molar-refractivity contribution < 1.29 is 14.3 Å². The predicted molar refractivity (Wildman–Crippen MR) is 88.5 cm³/mol. The number of methoxy groups -OCH3 is 1. The lowest BCUT2D eigenvalue weighted by Gasteiger charge is -2.39. The van der Waals surface area contributed by atoms with Crippen LogP contribution in [0.5, 0.6) is 0 Å². The normalized spacial score (nSPS) is 27.2. The van der Waals surface area contributed by atoms with Crippen molar-refractivity contribution in [3.8, 4) is 0 Å². The van der Waals surface area contributed by atoms with Crippen molar-refractivity contribution in [2.75, 3.05) is 20.3 Å². The van der Waals surface area contributed by atoms with E-state index in [9.17, 15) is 4.79 Å². The fraction of sp³-hybridized carbons (Fsp3) is 0.421. The number of carbonyl (C=O) groups is 1. The Balaban J connectivity index is 1.62. The Bertz CT molecular complexity index is 729. The Kier molecular flexibility index (Phi) is 3.79. The Morgan fingerprint density at radius 3 is 2.83 bits per heavy atom. The molecular formula is C19H21NO3. The molecule has 1 saturated heterocycles. The monoisotopic (exact) mass is 311 g/mol. The molecule has 23 heavy (non-hydrogen) atoms. The highest BCUT2D eigenvalue weighted by Gasteiger charge is 2.44. The third-order valence-electron chi connectivity index (χ3n) is 5.10. The molecule has 4 heteroatoms. The van der Waals surface area contributed by atoms with Crippen LogP contribution in [0.4, 0.5) is 0 Å². The van der Waals surface area contributed by atoms with Crippen LogP contribution >= 0.6 is 0 Å². The maximum atomic E-state index is 13.0. The number of hydrogen-bond acceptors (Lipinski definition) is 3. The Labute approximate surface area is 136 Å². The summed E-state index contributed by atoms with van der Waals surface area (Å²) in [6.07, 6.45) is 2.01. The molecule has 0 spiro atoms. The van der Waals surface area contributed by atoms with Gasteiger partial charge in [-0.1, -0.05) is 30.3 Å². The van der Waals surface area contributed by atoms with Gasteiger partial charge in [-0.05, 0) is 35.7 Å². The van der Waals surface area contributed by atoms with E-state index in [-0.39, 0.29) is 24.2 Å². The molecular weight excluding hydrogens is 290 g/mol. The number of carbonyl (C=O) groups excluding carboxylic acids is 1. The van der Waals surface area contributed by atoms with Gasteiger partial charge in [0.15, 0.2) is 0 Å². The summed E-state index contributed by atoms with van der Waals surface area (Å²) in [5.74, 6) is 0.103. The lowest BCUT2D eigenvalue weighted by Crippen LogP contribution is -2.53. The molecule has 0 N–H and O–H groups in total. The molecule has 0 unspecified atom stereocenters. The number of benzene rings is 2. The van der Waals surface area contributed by atoms with Gasteiger partial charge >= 0.3 is 0 Å². The Hall–Kier alpha value is -1.91. The van der Waals surface area contributed by atoms with Gasteiger partial charge in [0, 0.05) is 19.2 Å². The van der Waals surface area contributed by atoms with E-state index in [1.165, 1.54) is 0 Å². The molecule has 1 amide bonds. The Morgan fingerprint density at radius 2 is 2.00 bits per heavy atom. The predicted octanol–water partition coefficient (Wildman–Crippen LogP) is 2.86. The lowest BCUT2D eigenvalue weighted by molar-refractivity contribution is -0.0946. The molecule has 3 atom stereocenters. The zero-order valence-electron chi connectivity index (χ0n) is 13.3. The highest BCUT2D eigenvalue weighted by molar-refractivity contribution is 5.98. The van der Waals surface area contributed by atoms with E-state index in [4.69, 9.17) is 9.47 Å². The number of morpholine rings is 1. The first kappa shape index (κ1) is 14.7. The third kappa shape index (κ3) is 2.52. The van der Waals surface area contributed by atoms with Gasteiger partial charge in [-0.15, -0.1) is 0 Å². The van der Waals surface area contributed by atoms with Crippen molar-refractivity contribution in [1.29, 1.82) is 0 Å². The van der Waals surface area contributed by atoms with Crippen molar-refractivity contribution in [2.24, 2.45) is 0 Å². The second-order valence-electron chi connectivity index (χ2n) is 6.31. The lowest BCUT2D eigenvalue weighted by atomic mass is 10.0. The second-order valence-corrected chi connectivity index (χ2v) is 6.31.